The molecule has 4 unspecified atom stereocenters. The summed E-state index contributed by atoms with van der Waals surface area (Å²) in [6.07, 6.45) is 10.1. The third-order valence-electron chi connectivity index (χ3n) is 10.2. The molecule has 3 fully saturated rings. The van der Waals surface area contributed by atoms with E-state index in [0.29, 0.717) is 23.2 Å². The Kier molecular flexibility index (Phi) is 5.33. The summed E-state index contributed by atoms with van der Waals surface area (Å²) >= 11 is 0. The molecule has 4 atom stereocenters. The molecule has 0 bridgehead atoms. The molecule has 0 saturated heterocycles. The van der Waals surface area contributed by atoms with Crippen molar-refractivity contribution >= 4 is 6.08 Å². The topological polar surface area (TPSA) is 0 Å². The highest BCUT2D eigenvalue weighted by Gasteiger charge is 2.65. The van der Waals surface area contributed by atoms with Crippen molar-refractivity contribution in [3.63, 3.8) is 0 Å². The first kappa shape index (κ1) is 23.1. The predicted octanol–water partition coefficient (Wildman–Crippen LogP) is 9.29. The van der Waals surface area contributed by atoms with Gasteiger partial charge in [-0.05, 0) is 108 Å². The van der Waals surface area contributed by atoms with Gasteiger partial charge in [-0.25, -0.2) is 0 Å². The van der Waals surface area contributed by atoms with Gasteiger partial charge in [-0.1, -0.05) is 99.0 Å². The minimum Gasteiger partial charge on any atom is -0.0989 e. The first-order valence-corrected chi connectivity index (χ1v) is 13.9. The molecule has 0 aromatic heterocycles. The Labute approximate surface area is 213 Å². The van der Waals surface area contributed by atoms with Crippen molar-refractivity contribution in [3.05, 3.63) is 88.0 Å². The molecule has 2 aromatic rings. The number of rotatable bonds is 5. The average molecular weight is 463 g/mol. The molecule has 0 amide bonds. The third kappa shape index (κ3) is 3.71. The minimum absolute atomic E-state index is 0.390. The van der Waals surface area contributed by atoms with Gasteiger partial charge in [0.15, 0.2) is 0 Å². The summed E-state index contributed by atoms with van der Waals surface area (Å²) in [7, 11) is 0. The SMILES string of the molecule is C=C1C(CC2=Cc3cccc(-c4cc(C)cc(C)c4CC4CCC(C)C4)c3C2)C(=C)C2C1C2(C)C. The van der Waals surface area contributed by atoms with E-state index in [1.165, 1.54) is 70.2 Å². The highest BCUT2D eigenvalue weighted by atomic mass is 14.7. The molecule has 0 heterocycles. The van der Waals surface area contributed by atoms with Gasteiger partial charge in [-0.3, -0.25) is 0 Å². The van der Waals surface area contributed by atoms with Gasteiger partial charge in [-0.15, -0.1) is 0 Å². The molecular weight excluding hydrogens is 420 g/mol. The fourth-order valence-electron chi connectivity index (χ4n) is 8.34. The number of hydrogen-bond acceptors (Lipinski definition) is 0. The van der Waals surface area contributed by atoms with Gasteiger partial charge in [0.1, 0.15) is 0 Å². The molecule has 0 radical (unpaired) electrons. The molecule has 35 heavy (non-hydrogen) atoms. The summed E-state index contributed by atoms with van der Waals surface area (Å²) in [5.41, 5.74) is 15.2. The molecule has 0 spiro atoms. The first-order chi connectivity index (χ1) is 16.6. The average Bonchev–Trinajstić information content (AvgIpc) is 3.16. The Morgan fingerprint density at radius 1 is 0.943 bits per heavy atom. The Morgan fingerprint density at radius 2 is 1.69 bits per heavy atom. The first-order valence-electron chi connectivity index (χ1n) is 13.9. The lowest BCUT2D eigenvalue weighted by Gasteiger charge is -2.22. The number of allylic oxidation sites excluding steroid dienone is 3. The summed E-state index contributed by atoms with van der Waals surface area (Å²) in [5, 5.41) is 0. The van der Waals surface area contributed by atoms with Crippen LogP contribution in [0.4, 0.5) is 0 Å². The molecule has 3 saturated carbocycles. The minimum atomic E-state index is 0.390. The van der Waals surface area contributed by atoms with Gasteiger partial charge < -0.3 is 0 Å². The van der Waals surface area contributed by atoms with E-state index in [2.05, 4.69) is 84.2 Å². The summed E-state index contributed by atoms with van der Waals surface area (Å²) in [4.78, 5) is 0. The summed E-state index contributed by atoms with van der Waals surface area (Å²) in [6.45, 7) is 20.9. The van der Waals surface area contributed by atoms with E-state index in [9.17, 15) is 0 Å². The van der Waals surface area contributed by atoms with Crippen LogP contribution in [0.3, 0.4) is 0 Å². The maximum atomic E-state index is 4.56. The van der Waals surface area contributed by atoms with Crippen molar-refractivity contribution in [2.24, 2.45) is 35.0 Å². The van der Waals surface area contributed by atoms with Gasteiger partial charge in [0.25, 0.3) is 0 Å². The van der Waals surface area contributed by atoms with Gasteiger partial charge in [0.2, 0.25) is 0 Å². The molecule has 0 aliphatic heterocycles. The highest BCUT2D eigenvalue weighted by molar-refractivity contribution is 5.80. The van der Waals surface area contributed by atoms with Crippen LogP contribution in [0, 0.1) is 48.9 Å². The fourth-order valence-corrected chi connectivity index (χ4v) is 8.34. The maximum Gasteiger partial charge on any atom is 0.00454 e. The van der Waals surface area contributed by atoms with E-state index in [-0.39, 0.29) is 0 Å². The standard InChI is InChI=1S/C35H42/c1-20-11-12-25(14-20)17-29-22(3)13-21(2)15-32(29)28-10-8-9-27-16-26(19-31(27)28)18-30-23(4)33-34(24(30)5)35(33,6)7/h8-10,13,15-16,20,25,30,33-34H,4-5,11-12,14,17-19H2,1-3,6-7H3. The number of hydrogen-bond donors (Lipinski definition) is 0. The van der Waals surface area contributed by atoms with Gasteiger partial charge in [0, 0.05) is 5.92 Å². The Hall–Kier alpha value is -2.34. The molecule has 182 valence electrons. The second-order valence-corrected chi connectivity index (χ2v) is 13.1. The molecule has 0 nitrogen and oxygen atoms in total. The van der Waals surface area contributed by atoms with E-state index in [0.717, 1.165) is 24.7 Å². The van der Waals surface area contributed by atoms with E-state index in [1.807, 2.05) is 0 Å². The highest BCUT2D eigenvalue weighted by Crippen LogP contribution is 2.72. The zero-order valence-corrected chi connectivity index (χ0v) is 22.5. The van der Waals surface area contributed by atoms with E-state index >= 15 is 0 Å². The smallest absolute Gasteiger partial charge is 0.00454 e. The number of aryl methyl sites for hydroxylation is 2. The quantitative estimate of drug-likeness (QED) is 0.388. The Morgan fingerprint density at radius 3 is 2.37 bits per heavy atom. The van der Waals surface area contributed by atoms with E-state index in [4.69, 9.17) is 0 Å². The summed E-state index contributed by atoms with van der Waals surface area (Å²) in [5.74, 6) is 3.53. The normalized spacial score (nSPS) is 30.4. The lowest BCUT2D eigenvalue weighted by molar-refractivity contribution is 0.505. The number of benzene rings is 2. The number of fused-ring (bicyclic) bond motifs is 2. The van der Waals surface area contributed by atoms with Crippen LogP contribution in [0.2, 0.25) is 0 Å². The van der Waals surface area contributed by atoms with Crippen molar-refractivity contribution < 1.29 is 0 Å². The lowest BCUT2D eigenvalue weighted by atomic mass is 9.82. The van der Waals surface area contributed by atoms with Gasteiger partial charge >= 0.3 is 0 Å². The van der Waals surface area contributed by atoms with Crippen molar-refractivity contribution in [2.45, 2.75) is 73.1 Å². The Bertz CT molecular complexity index is 1240. The third-order valence-corrected chi connectivity index (χ3v) is 10.2. The summed E-state index contributed by atoms with van der Waals surface area (Å²) in [6, 6.07) is 11.8. The molecule has 0 N–H and O–H groups in total. The van der Waals surface area contributed by atoms with Crippen molar-refractivity contribution in [2.75, 3.05) is 0 Å². The molecule has 2 aromatic carbocycles. The predicted molar refractivity (Wildman–Crippen MR) is 150 cm³/mol. The molecular formula is C35H42. The second-order valence-electron chi connectivity index (χ2n) is 13.1. The molecule has 4 aliphatic rings. The van der Waals surface area contributed by atoms with Crippen LogP contribution in [0.5, 0.6) is 0 Å². The van der Waals surface area contributed by atoms with Crippen molar-refractivity contribution in [1.29, 1.82) is 0 Å². The van der Waals surface area contributed by atoms with Gasteiger partial charge in [0.05, 0.1) is 0 Å². The van der Waals surface area contributed by atoms with Crippen LogP contribution in [-0.2, 0) is 12.8 Å². The maximum absolute atomic E-state index is 4.56. The largest absolute Gasteiger partial charge is 0.0989 e. The van der Waals surface area contributed by atoms with Crippen molar-refractivity contribution in [3.8, 4) is 11.1 Å². The second kappa shape index (κ2) is 8.09. The summed E-state index contributed by atoms with van der Waals surface area (Å²) < 4.78 is 0. The van der Waals surface area contributed by atoms with E-state index < -0.39 is 0 Å². The van der Waals surface area contributed by atoms with Crippen LogP contribution in [0.1, 0.15) is 74.3 Å². The zero-order chi connectivity index (χ0) is 24.6. The Balaban J connectivity index is 1.28. The van der Waals surface area contributed by atoms with Crippen LogP contribution in [0.25, 0.3) is 17.2 Å². The lowest BCUT2D eigenvalue weighted by Crippen LogP contribution is -2.11. The van der Waals surface area contributed by atoms with Gasteiger partial charge in [-0.2, -0.15) is 0 Å². The zero-order valence-electron chi connectivity index (χ0n) is 22.5. The van der Waals surface area contributed by atoms with Crippen LogP contribution < -0.4 is 0 Å². The van der Waals surface area contributed by atoms with E-state index in [1.54, 1.807) is 11.1 Å². The van der Waals surface area contributed by atoms with Crippen LogP contribution >= 0.6 is 0 Å². The van der Waals surface area contributed by atoms with Crippen LogP contribution in [-0.4, -0.2) is 0 Å². The van der Waals surface area contributed by atoms with Crippen LogP contribution in [0.15, 0.2) is 60.2 Å². The molecule has 0 heteroatoms. The van der Waals surface area contributed by atoms with Crippen molar-refractivity contribution in [1.82, 2.24) is 0 Å². The fraction of sp³-hybridized carbons (Fsp3) is 0.486. The molecule has 6 rings (SSSR count). The monoisotopic (exact) mass is 462 g/mol. The molecule has 4 aliphatic carbocycles.